The molecule has 0 aromatic carbocycles. The van der Waals surface area contributed by atoms with Gasteiger partial charge in [0.2, 0.25) is 0 Å². The second-order valence-corrected chi connectivity index (χ2v) is 8.73. The molecule has 1 saturated heterocycles. The van der Waals surface area contributed by atoms with Gasteiger partial charge in [0.05, 0.1) is 17.6 Å². The van der Waals surface area contributed by atoms with Crippen LogP contribution in [0, 0.1) is 11.3 Å². The fraction of sp³-hybridized carbons (Fsp3) is 0.800. The highest BCUT2D eigenvalue weighted by Gasteiger charge is 2.40. The van der Waals surface area contributed by atoms with Crippen molar-refractivity contribution in [1.29, 1.82) is 0 Å². The molecule has 0 spiro atoms. The molecule has 0 amide bonds. The maximum absolute atomic E-state index is 11.9. The highest BCUT2D eigenvalue weighted by Crippen LogP contribution is 2.50. The Morgan fingerprint density at radius 2 is 2.15 bits per heavy atom. The van der Waals surface area contributed by atoms with Crippen molar-refractivity contribution in [3.8, 4) is 0 Å². The minimum Gasteiger partial charge on any atom is -0.463 e. The van der Waals surface area contributed by atoms with E-state index in [1.54, 1.807) is 0 Å². The maximum Gasteiger partial charge on any atom is 0.306 e. The summed E-state index contributed by atoms with van der Waals surface area (Å²) in [4.78, 5) is 11.9. The third-order valence-electron chi connectivity index (χ3n) is 4.13. The van der Waals surface area contributed by atoms with Gasteiger partial charge in [0.25, 0.3) is 0 Å². The molecular formula is C15H24O3S2. The zero-order valence-corrected chi connectivity index (χ0v) is 13.9. The van der Waals surface area contributed by atoms with Gasteiger partial charge in [-0.25, -0.2) is 0 Å². The van der Waals surface area contributed by atoms with Crippen LogP contribution in [0.5, 0.6) is 0 Å². The number of esters is 1. The van der Waals surface area contributed by atoms with Crippen molar-refractivity contribution in [3.63, 3.8) is 0 Å². The maximum atomic E-state index is 11.9. The SMILES string of the molecule is CC1(C)CCC=C(C2SCCS2)[C@H]1CC(=O)OCCO. The van der Waals surface area contributed by atoms with E-state index in [4.69, 9.17) is 9.84 Å². The van der Waals surface area contributed by atoms with Gasteiger partial charge in [0.15, 0.2) is 0 Å². The van der Waals surface area contributed by atoms with E-state index in [1.165, 1.54) is 17.1 Å². The molecule has 114 valence electrons. The monoisotopic (exact) mass is 316 g/mol. The molecule has 0 unspecified atom stereocenters. The number of ether oxygens (including phenoxy) is 1. The molecule has 2 rings (SSSR count). The molecule has 3 nitrogen and oxygen atoms in total. The topological polar surface area (TPSA) is 46.5 Å². The molecule has 20 heavy (non-hydrogen) atoms. The van der Waals surface area contributed by atoms with Gasteiger partial charge in [-0.15, -0.1) is 23.5 Å². The fourth-order valence-corrected chi connectivity index (χ4v) is 6.04. The Bertz CT molecular complexity index is 373. The van der Waals surface area contributed by atoms with Crippen LogP contribution >= 0.6 is 23.5 Å². The summed E-state index contributed by atoms with van der Waals surface area (Å²) in [5.74, 6) is 2.49. The Balaban J connectivity index is 2.08. The lowest BCUT2D eigenvalue weighted by Gasteiger charge is -2.40. The first-order valence-corrected chi connectivity index (χ1v) is 9.34. The smallest absolute Gasteiger partial charge is 0.306 e. The second kappa shape index (κ2) is 7.23. The summed E-state index contributed by atoms with van der Waals surface area (Å²) in [7, 11) is 0. The number of allylic oxidation sites excluding steroid dienone is 1. The van der Waals surface area contributed by atoms with E-state index < -0.39 is 0 Å². The molecule has 0 bridgehead atoms. The average Bonchev–Trinajstić information content (AvgIpc) is 2.92. The van der Waals surface area contributed by atoms with Crippen molar-refractivity contribution < 1.29 is 14.6 Å². The normalized spacial score (nSPS) is 26.4. The van der Waals surface area contributed by atoms with Gasteiger partial charge in [-0.3, -0.25) is 4.79 Å². The van der Waals surface area contributed by atoms with E-state index in [-0.39, 0.29) is 30.5 Å². The first-order chi connectivity index (χ1) is 9.54. The average molecular weight is 316 g/mol. The van der Waals surface area contributed by atoms with Gasteiger partial charge in [-0.1, -0.05) is 19.9 Å². The summed E-state index contributed by atoms with van der Waals surface area (Å²) in [6.45, 7) is 4.53. The Kier molecular flexibility index (Phi) is 5.87. The van der Waals surface area contributed by atoms with E-state index in [1.807, 2.05) is 23.5 Å². The quantitative estimate of drug-likeness (QED) is 0.624. The van der Waals surface area contributed by atoms with Crippen LogP contribution in [0.3, 0.4) is 0 Å². The Labute approximate surface area is 129 Å². The molecule has 5 heteroatoms. The van der Waals surface area contributed by atoms with Gasteiger partial charge < -0.3 is 9.84 Å². The summed E-state index contributed by atoms with van der Waals surface area (Å²) in [5, 5.41) is 8.75. The molecular weight excluding hydrogens is 292 g/mol. The van der Waals surface area contributed by atoms with Crippen molar-refractivity contribution in [2.24, 2.45) is 11.3 Å². The van der Waals surface area contributed by atoms with E-state index in [0.717, 1.165) is 12.8 Å². The van der Waals surface area contributed by atoms with Gasteiger partial charge in [-0.2, -0.15) is 0 Å². The molecule has 1 heterocycles. The third kappa shape index (κ3) is 3.95. The first-order valence-electron chi connectivity index (χ1n) is 7.24. The molecule has 2 aliphatic rings. The van der Waals surface area contributed by atoms with Crippen LogP contribution < -0.4 is 0 Å². The molecule has 1 fully saturated rings. The van der Waals surface area contributed by atoms with Crippen molar-refractivity contribution in [3.05, 3.63) is 11.6 Å². The summed E-state index contributed by atoms with van der Waals surface area (Å²) in [5.41, 5.74) is 1.58. The van der Waals surface area contributed by atoms with Gasteiger partial charge in [0, 0.05) is 11.5 Å². The number of hydrogen-bond donors (Lipinski definition) is 1. The zero-order valence-electron chi connectivity index (χ0n) is 12.3. The number of hydrogen-bond acceptors (Lipinski definition) is 5. The molecule has 1 atom stereocenters. The molecule has 1 aliphatic carbocycles. The lowest BCUT2D eigenvalue weighted by molar-refractivity contribution is -0.146. The van der Waals surface area contributed by atoms with Crippen molar-refractivity contribution >= 4 is 29.5 Å². The molecule has 1 aliphatic heterocycles. The zero-order chi connectivity index (χ0) is 14.6. The summed E-state index contributed by atoms with van der Waals surface area (Å²) >= 11 is 4.00. The fourth-order valence-electron chi connectivity index (χ4n) is 2.97. The van der Waals surface area contributed by atoms with Gasteiger partial charge >= 0.3 is 5.97 Å². The van der Waals surface area contributed by atoms with Crippen LogP contribution in [0.25, 0.3) is 0 Å². The molecule has 0 saturated carbocycles. The van der Waals surface area contributed by atoms with E-state index in [2.05, 4.69) is 19.9 Å². The summed E-state index contributed by atoms with van der Waals surface area (Å²) in [6, 6.07) is 0. The molecule has 0 aromatic rings. The minimum absolute atomic E-state index is 0.100. The third-order valence-corrected chi connectivity index (χ3v) is 7.24. The number of aliphatic hydroxyl groups is 1. The lowest BCUT2D eigenvalue weighted by atomic mass is 9.67. The second-order valence-electron chi connectivity index (χ2n) is 6.01. The number of rotatable bonds is 5. The van der Waals surface area contributed by atoms with Crippen molar-refractivity contribution in [2.45, 2.75) is 37.7 Å². The Hall–Kier alpha value is -0.130. The van der Waals surface area contributed by atoms with Crippen LogP contribution in [-0.4, -0.2) is 40.4 Å². The largest absolute Gasteiger partial charge is 0.463 e. The van der Waals surface area contributed by atoms with Crippen molar-refractivity contribution in [1.82, 2.24) is 0 Å². The highest BCUT2D eigenvalue weighted by atomic mass is 32.2. The predicted octanol–water partition coefficient (Wildman–Crippen LogP) is 3.08. The number of thioether (sulfide) groups is 2. The van der Waals surface area contributed by atoms with Crippen LogP contribution in [-0.2, 0) is 9.53 Å². The van der Waals surface area contributed by atoms with Crippen LogP contribution in [0.1, 0.15) is 33.1 Å². The predicted molar refractivity (Wildman–Crippen MR) is 86.0 cm³/mol. The van der Waals surface area contributed by atoms with Crippen LogP contribution in [0.2, 0.25) is 0 Å². The van der Waals surface area contributed by atoms with E-state index in [9.17, 15) is 4.79 Å². The number of aliphatic hydroxyl groups excluding tert-OH is 1. The van der Waals surface area contributed by atoms with E-state index >= 15 is 0 Å². The Morgan fingerprint density at radius 1 is 1.45 bits per heavy atom. The van der Waals surface area contributed by atoms with Crippen molar-refractivity contribution in [2.75, 3.05) is 24.7 Å². The standard InChI is InChI=1S/C15H24O3S2/c1-15(2)5-3-4-11(14-19-8-9-20-14)12(15)10-13(17)18-7-6-16/h4,12,14,16H,3,5-10H2,1-2H3/t12-/m1/s1. The van der Waals surface area contributed by atoms with Crippen LogP contribution in [0.4, 0.5) is 0 Å². The van der Waals surface area contributed by atoms with Gasteiger partial charge in [0.1, 0.15) is 6.61 Å². The van der Waals surface area contributed by atoms with Crippen LogP contribution in [0.15, 0.2) is 11.6 Å². The summed E-state index contributed by atoms with van der Waals surface area (Å²) in [6.07, 6.45) is 5.03. The van der Waals surface area contributed by atoms with Gasteiger partial charge in [-0.05, 0) is 29.7 Å². The number of carbonyl (C=O) groups is 1. The lowest BCUT2D eigenvalue weighted by Crippen LogP contribution is -2.33. The molecule has 1 N–H and O–H groups in total. The summed E-state index contributed by atoms with van der Waals surface area (Å²) < 4.78 is 5.59. The Morgan fingerprint density at radius 3 is 2.80 bits per heavy atom. The molecule has 0 radical (unpaired) electrons. The highest BCUT2D eigenvalue weighted by molar-refractivity contribution is 8.20. The first kappa shape index (κ1) is 16.2. The molecule has 0 aromatic heterocycles. The number of carbonyl (C=O) groups excluding carboxylic acids is 1. The minimum atomic E-state index is -0.182. The van der Waals surface area contributed by atoms with E-state index in [0.29, 0.717) is 11.0 Å².